The number of aromatic hydroxyl groups is 1. The van der Waals surface area contributed by atoms with E-state index >= 15 is 0 Å². The average molecular weight is 470 g/mol. The summed E-state index contributed by atoms with van der Waals surface area (Å²) < 4.78 is 1.78. The van der Waals surface area contributed by atoms with E-state index in [1.807, 2.05) is 74.5 Å². The molecule has 0 atom stereocenters. The van der Waals surface area contributed by atoms with Gasteiger partial charge in [0.15, 0.2) is 10.8 Å². The highest BCUT2D eigenvalue weighted by atomic mass is 32.2. The molecule has 0 aliphatic carbocycles. The van der Waals surface area contributed by atoms with Crippen LogP contribution in [0.1, 0.15) is 35.8 Å². The molecule has 5 aromatic rings. The number of carbonyl (C=O) groups excluding carboxylic acids is 1. The summed E-state index contributed by atoms with van der Waals surface area (Å²) in [5, 5.41) is 20.3. The van der Waals surface area contributed by atoms with Gasteiger partial charge in [-0.2, -0.15) is 0 Å². The molecule has 34 heavy (non-hydrogen) atoms. The van der Waals surface area contributed by atoms with Crippen LogP contribution in [0.3, 0.4) is 0 Å². The van der Waals surface area contributed by atoms with E-state index in [1.165, 1.54) is 0 Å². The molecular weight excluding hydrogens is 446 g/mol. The molecule has 2 aromatic heterocycles. The Balaban J connectivity index is 1.29. The van der Waals surface area contributed by atoms with Crippen LogP contribution in [-0.4, -0.2) is 25.5 Å². The number of azo groups is 1. The van der Waals surface area contributed by atoms with Gasteiger partial charge in [0.05, 0.1) is 16.6 Å². The lowest BCUT2D eigenvalue weighted by Gasteiger charge is -2.10. The Morgan fingerprint density at radius 3 is 2.56 bits per heavy atom. The Bertz CT molecular complexity index is 1480. The highest BCUT2D eigenvalue weighted by Crippen LogP contribution is 2.40. The molecule has 0 fully saturated rings. The number of hydrogen-bond donors (Lipinski definition) is 2. The molecule has 7 nitrogen and oxygen atoms in total. The van der Waals surface area contributed by atoms with Crippen molar-refractivity contribution in [1.82, 2.24) is 14.5 Å². The standard InChI is InChI=1S/C26H23N5O2S/c1-16(2)31-22-10-6-3-7-19(22)23(25(31)33)29-30-24(32)18-13-11-17(12-14-18)15-34-26-27-20-8-4-5-9-21(20)28-26/h3-14,16,33H,15H2,1-2H3,(H,27,28). The first-order valence-corrected chi connectivity index (χ1v) is 11.9. The van der Waals surface area contributed by atoms with Crippen LogP contribution in [0.15, 0.2) is 88.2 Å². The van der Waals surface area contributed by atoms with E-state index in [1.54, 1.807) is 28.5 Å². The number of carbonyl (C=O) groups is 1. The van der Waals surface area contributed by atoms with Crippen LogP contribution in [-0.2, 0) is 5.75 Å². The van der Waals surface area contributed by atoms with Crippen LogP contribution in [0.2, 0.25) is 0 Å². The number of nitrogens with zero attached hydrogens (tertiary/aromatic N) is 4. The molecule has 0 radical (unpaired) electrons. The topological polar surface area (TPSA) is 95.6 Å². The quantitative estimate of drug-likeness (QED) is 0.206. The molecule has 0 bridgehead atoms. The molecule has 0 unspecified atom stereocenters. The Hall–Kier alpha value is -3.91. The fourth-order valence-corrected chi connectivity index (χ4v) is 4.74. The third-order valence-corrected chi connectivity index (χ3v) is 6.50. The van der Waals surface area contributed by atoms with Gasteiger partial charge in [0, 0.05) is 22.7 Å². The number of thioether (sulfide) groups is 1. The van der Waals surface area contributed by atoms with Gasteiger partial charge in [0.1, 0.15) is 0 Å². The number of nitrogens with one attached hydrogen (secondary N) is 1. The molecule has 2 N–H and O–H groups in total. The second-order valence-corrected chi connectivity index (χ2v) is 9.17. The van der Waals surface area contributed by atoms with Crippen LogP contribution in [0.5, 0.6) is 5.88 Å². The van der Waals surface area contributed by atoms with Crippen LogP contribution in [0.4, 0.5) is 5.69 Å². The molecule has 5 rings (SSSR count). The number of fused-ring (bicyclic) bond motifs is 2. The summed E-state index contributed by atoms with van der Waals surface area (Å²) in [6, 6.07) is 22.8. The van der Waals surface area contributed by atoms with E-state index in [0.29, 0.717) is 11.3 Å². The molecule has 0 aliphatic heterocycles. The minimum Gasteiger partial charge on any atom is -0.493 e. The lowest BCUT2D eigenvalue weighted by Crippen LogP contribution is -1.98. The van der Waals surface area contributed by atoms with E-state index in [9.17, 15) is 9.90 Å². The summed E-state index contributed by atoms with van der Waals surface area (Å²) >= 11 is 1.60. The van der Waals surface area contributed by atoms with Gasteiger partial charge in [-0.1, -0.05) is 54.2 Å². The molecule has 8 heteroatoms. The fourth-order valence-electron chi connectivity index (χ4n) is 3.90. The van der Waals surface area contributed by atoms with E-state index in [0.717, 1.165) is 38.4 Å². The molecule has 1 amide bonds. The van der Waals surface area contributed by atoms with E-state index in [4.69, 9.17) is 0 Å². The van der Waals surface area contributed by atoms with Crippen LogP contribution in [0, 0.1) is 0 Å². The zero-order chi connectivity index (χ0) is 23.7. The minimum atomic E-state index is -0.461. The van der Waals surface area contributed by atoms with Crippen molar-refractivity contribution in [3.8, 4) is 5.88 Å². The van der Waals surface area contributed by atoms with E-state index in [-0.39, 0.29) is 11.9 Å². The maximum absolute atomic E-state index is 12.6. The molecule has 2 heterocycles. The zero-order valence-electron chi connectivity index (χ0n) is 18.8. The maximum atomic E-state index is 12.6. The lowest BCUT2D eigenvalue weighted by molar-refractivity contribution is 0.0995. The Morgan fingerprint density at radius 1 is 1.06 bits per heavy atom. The number of aromatic nitrogens is 3. The first-order chi connectivity index (χ1) is 16.5. The van der Waals surface area contributed by atoms with Crippen LogP contribution in [0.25, 0.3) is 21.9 Å². The molecule has 170 valence electrons. The number of imidazole rings is 1. The van der Waals surface area contributed by atoms with Gasteiger partial charge in [-0.3, -0.25) is 4.79 Å². The summed E-state index contributed by atoms with van der Waals surface area (Å²) in [4.78, 5) is 20.5. The summed E-state index contributed by atoms with van der Waals surface area (Å²) in [5.74, 6) is 0.265. The SMILES string of the molecule is CC(C)n1c(O)c(N=NC(=O)c2ccc(CSc3nc4ccccc4[nH]3)cc2)c2ccccc21. The maximum Gasteiger partial charge on any atom is 0.295 e. The highest BCUT2D eigenvalue weighted by Gasteiger charge is 2.18. The molecule has 3 aromatic carbocycles. The molecule has 0 saturated heterocycles. The van der Waals surface area contributed by atoms with Gasteiger partial charge in [-0.05, 0) is 49.7 Å². The minimum absolute atomic E-state index is 0.00529. The van der Waals surface area contributed by atoms with Crippen LogP contribution < -0.4 is 0 Å². The van der Waals surface area contributed by atoms with Gasteiger partial charge in [0.2, 0.25) is 5.88 Å². The van der Waals surface area contributed by atoms with Crippen molar-refractivity contribution in [2.45, 2.75) is 30.8 Å². The number of H-pyrrole nitrogens is 1. The van der Waals surface area contributed by atoms with Gasteiger partial charge in [0.25, 0.3) is 5.91 Å². The van der Waals surface area contributed by atoms with Crippen molar-refractivity contribution in [2.75, 3.05) is 0 Å². The first-order valence-electron chi connectivity index (χ1n) is 11.0. The first kappa shape index (κ1) is 21.9. The largest absolute Gasteiger partial charge is 0.493 e. The monoisotopic (exact) mass is 469 g/mol. The molecular formula is C26H23N5O2S. The highest BCUT2D eigenvalue weighted by molar-refractivity contribution is 7.98. The van der Waals surface area contributed by atoms with Gasteiger partial charge < -0.3 is 14.7 Å². The third kappa shape index (κ3) is 4.20. The van der Waals surface area contributed by atoms with Crippen molar-refractivity contribution in [3.05, 3.63) is 83.9 Å². The van der Waals surface area contributed by atoms with Crippen molar-refractivity contribution in [1.29, 1.82) is 0 Å². The predicted octanol–water partition coefficient (Wildman–Crippen LogP) is 7.02. The number of hydrogen-bond acceptors (Lipinski definition) is 5. The van der Waals surface area contributed by atoms with Crippen molar-refractivity contribution in [3.63, 3.8) is 0 Å². The Kier molecular flexibility index (Phi) is 5.90. The molecule has 0 aliphatic rings. The fraction of sp³-hybridized carbons (Fsp3) is 0.154. The average Bonchev–Trinajstić information content (AvgIpc) is 3.39. The van der Waals surface area contributed by atoms with Crippen molar-refractivity contribution >= 4 is 45.3 Å². The number of benzene rings is 3. The van der Waals surface area contributed by atoms with Crippen molar-refractivity contribution in [2.24, 2.45) is 10.2 Å². The number of para-hydroxylation sites is 3. The predicted molar refractivity (Wildman–Crippen MR) is 135 cm³/mol. The Labute approximate surface area is 200 Å². The zero-order valence-corrected chi connectivity index (χ0v) is 19.6. The number of aromatic amines is 1. The van der Waals surface area contributed by atoms with Crippen LogP contribution >= 0.6 is 11.8 Å². The van der Waals surface area contributed by atoms with Gasteiger partial charge in [-0.15, -0.1) is 10.2 Å². The summed E-state index contributed by atoms with van der Waals surface area (Å²) in [6.45, 7) is 3.96. The second-order valence-electron chi connectivity index (χ2n) is 8.20. The van der Waals surface area contributed by atoms with Crippen molar-refractivity contribution < 1.29 is 9.90 Å². The normalized spacial score (nSPS) is 11.9. The smallest absolute Gasteiger partial charge is 0.295 e. The van der Waals surface area contributed by atoms with E-state index in [2.05, 4.69) is 20.2 Å². The number of rotatable bonds is 6. The van der Waals surface area contributed by atoms with Gasteiger partial charge in [-0.25, -0.2) is 4.98 Å². The van der Waals surface area contributed by atoms with Gasteiger partial charge >= 0.3 is 0 Å². The summed E-state index contributed by atoms with van der Waals surface area (Å²) in [6.07, 6.45) is 0. The summed E-state index contributed by atoms with van der Waals surface area (Å²) in [5.41, 5.74) is 4.61. The Morgan fingerprint density at radius 2 is 1.79 bits per heavy atom. The lowest BCUT2D eigenvalue weighted by atomic mass is 10.1. The molecule has 0 spiro atoms. The van der Waals surface area contributed by atoms with E-state index < -0.39 is 5.91 Å². The second kappa shape index (κ2) is 9.15. The number of amides is 1. The molecule has 0 saturated carbocycles. The summed E-state index contributed by atoms with van der Waals surface area (Å²) in [7, 11) is 0. The third-order valence-electron chi connectivity index (χ3n) is 5.56.